The number of nitrogens with zero attached hydrogens (tertiary/aromatic N) is 4. The van der Waals surface area contributed by atoms with Crippen LogP contribution in [0.2, 0.25) is 0 Å². The van der Waals surface area contributed by atoms with E-state index in [2.05, 4.69) is 260 Å². The summed E-state index contributed by atoms with van der Waals surface area (Å²) in [5.41, 5.74) is 22.2. The highest BCUT2D eigenvalue weighted by atomic mass is 19.4. The van der Waals surface area contributed by atoms with E-state index in [1.807, 2.05) is 74.5 Å². The second kappa shape index (κ2) is 25.6. The van der Waals surface area contributed by atoms with Crippen LogP contribution in [0.1, 0.15) is 127 Å². The molecule has 112 heavy (non-hydrogen) atoms. The molecule has 0 saturated carbocycles. The Morgan fingerprint density at radius 2 is 0.589 bits per heavy atom. The Labute approximate surface area is 652 Å². The van der Waals surface area contributed by atoms with Crippen LogP contribution in [-0.4, -0.2) is 26.2 Å². The van der Waals surface area contributed by atoms with E-state index in [0.717, 1.165) is 179 Å². The van der Waals surface area contributed by atoms with Crippen molar-refractivity contribution in [1.82, 2.24) is 0 Å². The molecule has 558 valence electrons. The molecule has 0 unspecified atom stereocenters. The molecule has 0 spiro atoms. The molecule has 14 aromatic rings. The average molecular weight is 1490 g/mol. The third-order valence-electron chi connectivity index (χ3n) is 24.4. The number of rotatable bonds is 11. The highest BCUT2D eigenvalue weighted by Gasteiger charge is 2.49. The number of para-hydroxylation sites is 2. The van der Waals surface area contributed by atoms with Crippen molar-refractivity contribution < 1.29 is 35.8 Å². The van der Waals surface area contributed by atoms with Crippen LogP contribution in [0, 0.1) is 27.7 Å². The van der Waals surface area contributed by atoms with Gasteiger partial charge in [0.1, 0.15) is 11.5 Å². The van der Waals surface area contributed by atoms with E-state index in [4.69, 9.17) is 9.47 Å². The second-order valence-electron chi connectivity index (χ2n) is 34.8. The molecule has 0 N–H and O–H groups in total. The Morgan fingerprint density at radius 1 is 0.295 bits per heavy atom. The molecule has 0 saturated heterocycles. The quantitative estimate of drug-likeness (QED) is 0.0948. The van der Waals surface area contributed by atoms with Gasteiger partial charge in [0, 0.05) is 114 Å². The van der Waals surface area contributed by atoms with Crippen LogP contribution in [0.4, 0.5) is 94.6 Å². The molecule has 0 amide bonds. The van der Waals surface area contributed by atoms with Crippen molar-refractivity contribution in [3.05, 3.63) is 287 Å². The number of fused-ring (bicyclic) bond motifs is 16. The fourth-order valence-corrected chi connectivity index (χ4v) is 18.5. The van der Waals surface area contributed by atoms with E-state index in [1.165, 1.54) is 0 Å². The van der Waals surface area contributed by atoms with Crippen LogP contribution in [0.25, 0.3) is 43.1 Å². The molecular formula is C98H86B2F6N4O2. The van der Waals surface area contributed by atoms with Gasteiger partial charge in [-0.15, -0.1) is 26.3 Å². The molecule has 4 aliphatic rings. The van der Waals surface area contributed by atoms with Gasteiger partial charge >= 0.3 is 12.7 Å². The lowest BCUT2D eigenvalue weighted by Crippen LogP contribution is -2.61. The zero-order chi connectivity index (χ0) is 78.4. The first-order valence-corrected chi connectivity index (χ1v) is 38.8. The fraction of sp³-hybridized carbons (Fsp3) is 0.224. The van der Waals surface area contributed by atoms with Crippen molar-refractivity contribution in [3.63, 3.8) is 0 Å². The zero-order valence-corrected chi connectivity index (χ0v) is 65.5. The monoisotopic (exact) mass is 1490 g/mol. The number of ether oxygens (including phenoxy) is 2. The molecule has 0 aliphatic carbocycles. The molecule has 6 nitrogen and oxygen atoms in total. The number of hydrogen-bond donors (Lipinski definition) is 0. The van der Waals surface area contributed by atoms with Crippen LogP contribution in [0.5, 0.6) is 11.5 Å². The van der Waals surface area contributed by atoms with Gasteiger partial charge in [-0.1, -0.05) is 227 Å². The van der Waals surface area contributed by atoms with Gasteiger partial charge in [-0.05, 0) is 222 Å². The van der Waals surface area contributed by atoms with E-state index in [-0.39, 0.29) is 22.3 Å². The van der Waals surface area contributed by atoms with Crippen LogP contribution in [0.15, 0.2) is 243 Å². The molecule has 14 heteroatoms. The van der Waals surface area contributed by atoms with Gasteiger partial charge in [0.05, 0.1) is 0 Å². The highest BCUT2D eigenvalue weighted by Crippen LogP contribution is 2.54. The van der Waals surface area contributed by atoms with Crippen LogP contribution in [-0.2, 0) is 21.7 Å². The van der Waals surface area contributed by atoms with Crippen molar-refractivity contribution in [2.75, 3.05) is 19.6 Å². The Morgan fingerprint density at radius 3 is 0.902 bits per heavy atom. The molecule has 0 bridgehead atoms. The summed E-state index contributed by atoms with van der Waals surface area (Å²) in [4.78, 5) is 8.75. The normalized spacial score (nSPS) is 14.0. The van der Waals surface area contributed by atoms with Gasteiger partial charge in [0.15, 0.2) is 0 Å². The van der Waals surface area contributed by atoms with E-state index in [9.17, 15) is 0 Å². The minimum Gasteiger partial charge on any atom is -0.406 e. The number of aryl methyl sites for hydroxylation is 4. The molecule has 14 aromatic carbocycles. The minimum absolute atomic E-state index is 0.216. The van der Waals surface area contributed by atoms with Gasteiger partial charge in [-0.2, -0.15) is 0 Å². The Kier molecular flexibility index (Phi) is 16.5. The summed E-state index contributed by atoms with van der Waals surface area (Å²) in [6.45, 7) is 29.8. The summed E-state index contributed by atoms with van der Waals surface area (Å²) in [6, 6.07) is 83.6. The maximum Gasteiger partial charge on any atom is 0.573 e. The van der Waals surface area contributed by atoms with Gasteiger partial charge in [-0.25, -0.2) is 0 Å². The van der Waals surface area contributed by atoms with Crippen molar-refractivity contribution in [1.29, 1.82) is 0 Å². The third-order valence-corrected chi connectivity index (χ3v) is 24.4. The molecule has 4 aliphatic heterocycles. The Balaban J connectivity index is 0.792. The number of alkyl halides is 6. The van der Waals surface area contributed by atoms with Crippen molar-refractivity contribution >= 4 is 158 Å². The number of benzene rings is 14. The van der Waals surface area contributed by atoms with Crippen LogP contribution < -0.4 is 61.9 Å². The smallest absolute Gasteiger partial charge is 0.406 e. The summed E-state index contributed by atoms with van der Waals surface area (Å²) < 4.78 is 101. The van der Waals surface area contributed by atoms with E-state index in [0.29, 0.717) is 22.7 Å². The van der Waals surface area contributed by atoms with Crippen molar-refractivity contribution in [2.45, 2.75) is 144 Å². The molecule has 4 heterocycles. The average Bonchev–Trinajstić information content (AvgIpc) is 0.690. The van der Waals surface area contributed by atoms with Gasteiger partial charge in [0.25, 0.3) is 13.4 Å². The van der Waals surface area contributed by atoms with Crippen LogP contribution in [0.3, 0.4) is 0 Å². The molecule has 0 aromatic heterocycles. The fourth-order valence-electron chi connectivity index (χ4n) is 18.5. The maximum atomic E-state index is 15.1. The van der Waals surface area contributed by atoms with Gasteiger partial charge in [0.2, 0.25) is 0 Å². The second-order valence-corrected chi connectivity index (χ2v) is 34.8. The van der Waals surface area contributed by atoms with Gasteiger partial charge < -0.3 is 29.1 Å². The number of anilines is 12. The molecule has 0 atom stereocenters. The maximum absolute atomic E-state index is 15.1. The standard InChI is InChI=1S/C98H86B2F6N4O2/c1-57-21-19-25-69(47-57)107-83-53-71(111-97(101,102)103)54-84-87(83)99(77-41-33-61-29-37-65(93(5,6)7)49-73(61)89(77)107)78-42-34-63-31-39-67(51-75(63)90(78)108(84)70-26-20-22-58(2)48-70)95(11,12)45-46-96(13,14)68-40-32-64-36-44-80-92(76(64)52-68)110(82-28-18-16-24-60(82)4)86-56-72(112-98(104,105)106)55-85-88(86)100(80)79-43-35-62-30-38-66(94(8,9)10)50-74(62)91(79)109(85)81-27-17-15-23-59(81)3/h15-44,47-56H,45-46H2,1-14H3. The number of hydrogen-bond acceptors (Lipinski definition) is 6. The lowest BCUT2D eigenvalue weighted by Gasteiger charge is -2.45. The first kappa shape index (κ1) is 72.2. The zero-order valence-electron chi connectivity index (χ0n) is 65.5. The van der Waals surface area contributed by atoms with Gasteiger partial charge in [-0.3, -0.25) is 0 Å². The lowest BCUT2D eigenvalue weighted by molar-refractivity contribution is -0.275. The summed E-state index contributed by atoms with van der Waals surface area (Å²) in [7, 11) is 0. The summed E-state index contributed by atoms with van der Waals surface area (Å²) in [5.74, 6) is -0.639. The van der Waals surface area contributed by atoms with Crippen LogP contribution >= 0.6 is 0 Å². The minimum atomic E-state index is -5.00. The van der Waals surface area contributed by atoms with Crippen molar-refractivity contribution in [3.8, 4) is 11.5 Å². The van der Waals surface area contributed by atoms with E-state index >= 15 is 26.3 Å². The molecule has 18 rings (SSSR count). The van der Waals surface area contributed by atoms with E-state index in [1.54, 1.807) is 24.3 Å². The number of halogens is 6. The third kappa shape index (κ3) is 12.0. The first-order chi connectivity index (χ1) is 53.2. The molecule has 0 radical (unpaired) electrons. The Bertz CT molecular complexity index is 6280. The first-order valence-electron chi connectivity index (χ1n) is 38.8. The SMILES string of the molecule is Cc1cccc(N2c3cc(OC(F)(F)F)cc4c3B(c3ccc5ccc(C(C)(C)C)cc5c32)c2ccc3ccc(C(C)(C)CCC(C)(C)c5ccc6ccc7c(c6c5)N(c5ccccc5C)c5cc(OC(F)(F)F)cc6c5B7c5ccc7ccc(C(C)(C)C)cc7c5N6c5ccccc5C)cc3c2N4c2cccc(C)c2)c1. The van der Waals surface area contributed by atoms with Crippen molar-refractivity contribution in [2.24, 2.45) is 0 Å². The predicted molar refractivity (Wildman–Crippen MR) is 456 cm³/mol. The summed E-state index contributed by atoms with van der Waals surface area (Å²) in [5, 5.41) is 7.92. The Hall–Kier alpha value is -11.4. The summed E-state index contributed by atoms with van der Waals surface area (Å²) >= 11 is 0. The summed E-state index contributed by atoms with van der Waals surface area (Å²) in [6.07, 6.45) is -8.50. The largest absolute Gasteiger partial charge is 0.573 e. The predicted octanol–water partition coefficient (Wildman–Crippen LogP) is 24.1. The lowest BCUT2D eigenvalue weighted by atomic mass is 9.33. The highest BCUT2D eigenvalue weighted by molar-refractivity contribution is 7.01. The topological polar surface area (TPSA) is 31.4 Å². The van der Waals surface area contributed by atoms with E-state index < -0.39 is 37.0 Å². The molecule has 0 fully saturated rings. The molecular weight excluding hydrogens is 1400 g/mol.